The number of rotatable bonds is 9. The van der Waals surface area contributed by atoms with Gasteiger partial charge in [-0.05, 0) is 35.4 Å². The van der Waals surface area contributed by atoms with Gasteiger partial charge in [0.1, 0.15) is 12.7 Å². The number of nitrogens with zero attached hydrogens (tertiary/aromatic N) is 6. The summed E-state index contributed by atoms with van der Waals surface area (Å²) in [6, 6.07) is 41.5. The molecule has 0 aliphatic heterocycles. The van der Waals surface area contributed by atoms with E-state index >= 15 is 0 Å². The van der Waals surface area contributed by atoms with Gasteiger partial charge in [-0.2, -0.15) is 22.9 Å². The molecule has 8 aromatic rings. The van der Waals surface area contributed by atoms with Crippen molar-refractivity contribution >= 4 is 21.8 Å². The molecular weight excluding hydrogens is 934 g/mol. The van der Waals surface area contributed by atoms with Crippen LogP contribution in [0.3, 0.4) is 0 Å². The van der Waals surface area contributed by atoms with E-state index < -0.39 is 0 Å². The molecule has 0 spiro atoms. The Hall–Kier alpha value is -5.06. The Labute approximate surface area is 336 Å². The third kappa shape index (κ3) is 7.99. The number of pyridine rings is 2. The molecule has 0 fully saturated rings. The van der Waals surface area contributed by atoms with E-state index in [-0.39, 0.29) is 53.3 Å². The predicted octanol–water partition coefficient (Wildman–Crippen LogP) is 10.1. The number of hydrogen-bond acceptors (Lipinski definition) is 7. The largest absolute Gasteiger partial charge is 2.00 e. The zero-order valence-electron chi connectivity index (χ0n) is 29.2. The molecule has 0 aliphatic rings. The summed E-state index contributed by atoms with van der Waals surface area (Å²) in [7, 11) is 0. The van der Waals surface area contributed by atoms with Crippen molar-refractivity contribution in [3.63, 3.8) is 0 Å². The van der Waals surface area contributed by atoms with E-state index in [1.165, 1.54) is 12.7 Å². The molecule has 8 rings (SSSR count). The molecule has 0 unspecified atom stereocenters. The fraction of sp³-hybridized carbons (Fsp3) is 0.140. The molecule has 8 nitrogen and oxygen atoms in total. The van der Waals surface area contributed by atoms with Crippen LogP contribution >= 0.6 is 0 Å². The van der Waals surface area contributed by atoms with Crippen molar-refractivity contribution in [1.82, 2.24) is 29.5 Å². The van der Waals surface area contributed by atoms with Gasteiger partial charge in [-0.25, -0.2) is 15.0 Å². The maximum absolute atomic E-state index is 6.46. The Morgan fingerprint density at radius 3 is 1.43 bits per heavy atom. The minimum Gasteiger partial charge on any atom is -0.503 e. The molecule has 0 aliphatic carbocycles. The van der Waals surface area contributed by atoms with Crippen LogP contribution in [0.5, 0.6) is 23.0 Å². The Morgan fingerprint density at radius 2 is 1.02 bits per heavy atom. The molecular formula is C43H32N6O2PdPt. The summed E-state index contributed by atoms with van der Waals surface area (Å²) >= 11 is 0. The van der Waals surface area contributed by atoms with E-state index in [0.29, 0.717) is 28.9 Å². The van der Waals surface area contributed by atoms with Gasteiger partial charge in [0.2, 0.25) is 5.95 Å². The smallest absolute Gasteiger partial charge is 0.503 e. The van der Waals surface area contributed by atoms with E-state index in [1.54, 1.807) is 12.4 Å². The fourth-order valence-corrected chi connectivity index (χ4v) is 5.96. The van der Waals surface area contributed by atoms with Crippen molar-refractivity contribution in [3.05, 3.63) is 145 Å². The van der Waals surface area contributed by atoms with Crippen LogP contribution in [0.15, 0.2) is 110 Å². The van der Waals surface area contributed by atoms with Gasteiger partial charge in [-0.15, -0.1) is 58.7 Å². The van der Waals surface area contributed by atoms with Gasteiger partial charge in [0, 0.05) is 35.4 Å². The zero-order chi connectivity index (χ0) is 34.9. The van der Waals surface area contributed by atoms with Crippen molar-refractivity contribution in [2.75, 3.05) is 0 Å². The van der Waals surface area contributed by atoms with E-state index in [4.69, 9.17) is 9.47 Å². The zero-order valence-corrected chi connectivity index (χ0v) is 33.0. The minimum atomic E-state index is 0. The Bertz CT molecular complexity index is 2340. The maximum Gasteiger partial charge on any atom is 2.00 e. The monoisotopic (exact) mass is 965 g/mol. The van der Waals surface area contributed by atoms with Crippen LogP contribution in [0.4, 0.5) is 0 Å². The summed E-state index contributed by atoms with van der Waals surface area (Å²) in [6.45, 7) is 8.61. The van der Waals surface area contributed by atoms with Crippen LogP contribution in [0, 0.1) is 24.3 Å². The molecule has 0 N–H and O–H groups in total. The number of aromatic nitrogens is 6. The Balaban J connectivity index is 0.00000240. The van der Waals surface area contributed by atoms with Crippen LogP contribution in [-0.2, 0) is 41.5 Å². The summed E-state index contributed by atoms with van der Waals surface area (Å²) in [5, 5.41) is 1.86. The van der Waals surface area contributed by atoms with Crippen LogP contribution < -0.4 is 9.47 Å². The van der Waals surface area contributed by atoms with Crippen molar-refractivity contribution in [3.8, 4) is 51.5 Å². The summed E-state index contributed by atoms with van der Waals surface area (Å²) < 4.78 is 14.8. The molecule has 0 saturated carbocycles. The third-order valence-corrected chi connectivity index (χ3v) is 8.60. The van der Waals surface area contributed by atoms with Gasteiger partial charge >= 0.3 is 41.5 Å². The van der Waals surface area contributed by atoms with E-state index in [9.17, 15) is 0 Å². The minimum absolute atomic E-state index is 0. The quantitative estimate of drug-likeness (QED) is 0.105. The normalized spacial score (nSPS) is 11.1. The topological polar surface area (TPSA) is 87.8 Å². The average molecular weight is 966 g/mol. The second-order valence-electron chi connectivity index (χ2n) is 12.8. The molecule has 4 heterocycles. The Morgan fingerprint density at radius 1 is 0.547 bits per heavy atom. The summed E-state index contributed by atoms with van der Waals surface area (Å²) in [4.78, 5) is 22.1. The third-order valence-electron chi connectivity index (χ3n) is 8.60. The van der Waals surface area contributed by atoms with Crippen molar-refractivity contribution in [2.45, 2.75) is 39.5 Å². The van der Waals surface area contributed by atoms with Gasteiger partial charge in [0.15, 0.2) is 0 Å². The van der Waals surface area contributed by atoms with Crippen LogP contribution in [0.2, 0.25) is 0 Å². The molecule has 4 aromatic carbocycles. The molecule has 10 heteroatoms. The van der Waals surface area contributed by atoms with E-state index in [0.717, 1.165) is 55.4 Å². The molecule has 0 atom stereocenters. The first-order valence-corrected chi connectivity index (χ1v) is 16.8. The second-order valence-corrected chi connectivity index (χ2v) is 12.8. The average Bonchev–Trinajstić information content (AvgIpc) is 3.48. The van der Waals surface area contributed by atoms with Crippen LogP contribution in [0.25, 0.3) is 50.3 Å². The summed E-state index contributed by atoms with van der Waals surface area (Å²) in [6.07, 6.45) is 6.50. The number of hydrogen-bond donors (Lipinski definition) is 0. The standard InChI is InChI=1S/C43H32N6O2.Pd.Pt/c1-27(2)29-17-31(39-9-5-7-15-45-39)21-35(19-29)50-33-11-13-37-38-14-12-34(24-42(38)49(41(37)23-33)43-47-25-44-26-48-43)51-36-20-30(28(3)4)18-32(22-36)40-10-6-8-16-46-40;;/h5-20,25-28H,1-4H3;;/q-4;2*+2. The summed E-state index contributed by atoms with van der Waals surface area (Å²) in [5.41, 5.74) is 7.06. The molecule has 0 radical (unpaired) electrons. The predicted molar refractivity (Wildman–Crippen MR) is 197 cm³/mol. The van der Waals surface area contributed by atoms with E-state index in [2.05, 4.69) is 89.0 Å². The molecule has 0 amide bonds. The maximum atomic E-state index is 6.46. The van der Waals surface area contributed by atoms with Crippen molar-refractivity contribution in [1.29, 1.82) is 0 Å². The molecule has 266 valence electrons. The first kappa shape index (κ1) is 37.7. The van der Waals surface area contributed by atoms with Crippen molar-refractivity contribution < 1.29 is 51.0 Å². The first-order valence-electron chi connectivity index (χ1n) is 16.8. The van der Waals surface area contributed by atoms with Gasteiger partial charge in [0.05, 0.1) is 0 Å². The number of fused-ring (bicyclic) bond motifs is 3. The van der Waals surface area contributed by atoms with Gasteiger partial charge in [0.25, 0.3) is 0 Å². The van der Waals surface area contributed by atoms with Crippen LogP contribution in [0.1, 0.15) is 50.7 Å². The van der Waals surface area contributed by atoms with Gasteiger partial charge in [-0.3, -0.25) is 0 Å². The molecule has 4 aromatic heterocycles. The number of benzene rings is 4. The molecule has 53 heavy (non-hydrogen) atoms. The molecule has 0 saturated heterocycles. The fourth-order valence-electron chi connectivity index (χ4n) is 5.96. The number of ether oxygens (including phenoxy) is 2. The Kier molecular flexibility index (Phi) is 11.6. The first-order chi connectivity index (χ1) is 24.9. The van der Waals surface area contributed by atoms with Crippen LogP contribution in [-0.4, -0.2) is 29.5 Å². The van der Waals surface area contributed by atoms with E-state index in [1.807, 2.05) is 77.4 Å². The molecule has 0 bridgehead atoms. The van der Waals surface area contributed by atoms with Gasteiger partial charge in [-0.1, -0.05) is 87.3 Å². The van der Waals surface area contributed by atoms with Gasteiger partial charge < -0.3 is 24.0 Å². The van der Waals surface area contributed by atoms with Crippen molar-refractivity contribution in [2.24, 2.45) is 0 Å². The SMILES string of the molecule is CC(C)c1cc(Oc2[c-]c3c(cc2)c2ccc(Oc4[c-]c(-c5ccccn5)cc(C(C)C)c4)[c-]c2n3-c2ncncn2)[c-]c(-c2ccccn2)c1.[Pd+2].[Pt+2]. The summed E-state index contributed by atoms with van der Waals surface area (Å²) in [5.74, 6) is 3.16. The second kappa shape index (κ2) is 16.3.